The van der Waals surface area contributed by atoms with E-state index in [1.807, 2.05) is 35.2 Å². The summed E-state index contributed by atoms with van der Waals surface area (Å²) in [6, 6.07) is 14.6. The molecule has 1 aliphatic rings. The van der Waals surface area contributed by atoms with Crippen LogP contribution in [0.2, 0.25) is 0 Å². The van der Waals surface area contributed by atoms with Gasteiger partial charge in [-0.2, -0.15) is 13.2 Å². The molecule has 0 radical (unpaired) electrons. The Balaban J connectivity index is 1.86. The molecule has 1 aliphatic heterocycles. The average molecular weight is 465 g/mol. The number of anilines is 1. The summed E-state index contributed by atoms with van der Waals surface area (Å²) >= 11 is 1.28. The lowest BCUT2D eigenvalue weighted by molar-refractivity contribution is -0.137. The molecule has 2 aromatic rings. The lowest BCUT2D eigenvalue weighted by Crippen LogP contribution is -2.37. The van der Waals surface area contributed by atoms with Crippen molar-refractivity contribution in [1.82, 2.24) is 10.2 Å². The summed E-state index contributed by atoms with van der Waals surface area (Å²) in [4.78, 5) is 1.88. The molecule has 2 aromatic carbocycles. The van der Waals surface area contributed by atoms with E-state index < -0.39 is 11.7 Å². The third-order valence-corrected chi connectivity index (χ3v) is 5.46. The van der Waals surface area contributed by atoms with Crippen molar-refractivity contribution in [3.63, 3.8) is 0 Å². The number of para-hydroxylation sites is 1. The van der Waals surface area contributed by atoms with Gasteiger partial charge in [0, 0.05) is 24.4 Å². The zero-order valence-electron chi connectivity index (χ0n) is 18.0. The number of hydrogen-bond acceptors (Lipinski definition) is 5. The second-order valence-corrected chi connectivity index (χ2v) is 8.63. The molecule has 1 saturated heterocycles. The van der Waals surface area contributed by atoms with Crippen LogP contribution in [0.4, 0.5) is 18.9 Å². The van der Waals surface area contributed by atoms with Crippen LogP contribution in [-0.2, 0) is 16.9 Å². The van der Waals surface area contributed by atoms with Gasteiger partial charge < -0.3 is 15.5 Å². The average Bonchev–Trinajstić information content (AvgIpc) is 2.93. The molecule has 32 heavy (non-hydrogen) atoms. The molecule has 0 spiro atoms. The largest absolute Gasteiger partial charge is 0.416 e. The number of nitrogens with zero attached hydrogens (tertiary/aromatic N) is 1. The van der Waals surface area contributed by atoms with Crippen LogP contribution < -0.4 is 10.6 Å². The predicted octanol–water partition coefficient (Wildman–Crippen LogP) is 5.69. The highest BCUT2D eigenvalue weighted by atomic mass is 32.2. The minimum Gasteiger partial charge on any atom is -0.367 e. The zero-order valence-corrected chi connectivity index (χ0v) is 18.8. The van der Waals surface area contributed by atoms with Crippen LogP contribution in [0.5, 0.6) is 0 Å². The maximum absolute atomic E-state index is 12.9. The monoisotopic (exact) mass is 464 g/mol. The number of amidine groups is 1. The van der Waals surface area contributed by atoms with Crippen LogP contribution in [0.15, 0.2) is 66.0 Å². The van der Waals surface area contributed by atoms with Gasteiger partial charge in [0.05, 0.1) is 11.3 Å². The van der Waals surface area contributed by atoms with Crippen molar-refractivity contribution in [2.24, 2.45) is 5.92 Å². The fraction of sp³-hybridized carbons (Fsp3) is 0.348. The lowest BCUT2D eigenvalue weighted by atomic mass is 10.1. The Morgan fingerprint density at radius 1 is 1.12 bits per heavy atom. The molecule has 172 valence electrons. The quantitative estimate of drug-likeness (QED) is 0.460. The summed E-state index contributed by atoms with van der Waals surface area (Å²) in [6.45, 7) is 5.48. The summed E-state index contributed by atoms with van der Waals surface area (Å²) in [7, 11) is 0. The molecule has 3 N–H and O–H groups in total. The second-order valence-electron chi connectivity index (χ2n) is 7.87. The van der Waals surface area contributed by atoms with Crippen LogP contribution in [0.3, 0.4) is 0 Å². The number of nitrogens with one attached hydrogen (secondary N) is 3. The van der Waals surface area contributed by atoms with Gasteiger partial charge in [-0.25, -0.2) is 0 Å². The molecule has 3 rings (SSSR count). The fourth-order valence-electron chi connectivity index (χ4n) is 3.19. The van der Waals surface area contributed by atoms with Crippen molar-refractivity contribution >= 4 is 23.6 Å². The summed E-state index contributed by atoms with van der Waals surface area (Å²) in [5.41, 5.74) is 1.61. The standard InChI is InChI=1S/C23H27F3N4OS/c1-16(2)13-30-15-31-32-14-20(21(30)27)22(29-19-6-4-3-5-7-19)28-12-17-8-10-18(11-9-17)23(24,25)26/h3-11,16,27-29H,12-15H2,1-2H3/b22-20+,27-21?. The number of halogens is 3. The van der Waals surface area contributed by atoms with E-state index in [4.69, 9.17) is 9.59 Å². The summed E-state index contributed by atoms with van der Waals surface area (Å²) < 4.78 is 44.2. The van der Waals surface area contributed by atoms with Gasteiger partial charge in [0.1, 0.15) is 18.4 Å². The molecule has 0 aromatic heterocycles. The Labute approximate surface area is 190 Å². The second kappa shape index (κ2) is 10.8. The van der Waals surface area contributed by atoms with E-state index in [1.165, 1.54) is 24.2 Å². The summed E-state index contributed by atoms with van der Waals surface area (Å²) in [6.07, 6.45) is -4.36. The van der Waals surface area contributed by atoms with Crippen molar-refractivity contribution in [1.29, 1.82) is 5.41 Å². The van der Waals surface area contributed by atoms with Crippen LogP contribution in [0, 0.1) is 11.3 Å². The third-order valence-electron chi connectivity index (χ3n) is 4.78. The molecule has 1 fully saturated rings. The van der Waals surface area contributed by atoms with Crippen molar-refractivity contribution in [2.45, 2.75) is 26.6 Å². The zero-order chi connectivity index (χ0) is 23.1. The third kappa shape index (κ3) is 6.67. The normalized spacial score (nSPS) is 16.7. The van der Waals surface area contributed by atoms with Gasteiger partial charge in [-0.1, -0.05) is 44.2 Å². The van der Waals surface area contributed by atoms with E-state index >= 15 is 0 Å². The van der Waals surface area contributed by atoms with E-state index in [9.17, 15) is 13.2 Å². The Hall–Kier alpha value is -2.65. The first-order chi connectivity index (χ1) is 15.2. The molecule has 0 saturated carbocycles. The van der Waals surface area contributed by atoms with Crippen molar-refractivity contribution in [2.75, 3.05) is 24.3 Å². The van der Waals surface area contributed by atoms with E-state index in [0.717, 1.165) is 23.4 Å². The number of benzene rings is 2. The van der Waals surface area contributed by atoms with Crippen molar-refractivity contribution in [3.05, 3.63) is 77.1 Å². The van der Waals surface area contributed by atoms with Crippen molar-refractivity contribution in [3.8, 4) is 0 Å². The number of rotatable bonds is 7. The minimum absolute atomic E-state index is 0.305. The van der Waals surface area contributed by atoms with Gasteiger partial charge >= 0.3 is 6.18 Å². The SMILES string of the molecule is CC(C)CN1COSC/C(=C(/NCc2ccc(C(F)(F)F)cc2)Nc2ccccc2)C1=N. The number of hydrogen-bond donors (Lipinski definition) is 3. The Morgan fingerprint density at radius 3 is 2.44 bits per heavy atom. The first-order valence-corrected chi connectivity index (χ1v) is 11.2. The molecule has 0 amide bonds. The Kier molecular flexibility index (Phi) is 8.09. The van der Waals surface area contributed by atoms with Gasteiger partial charge in [0.15, 0.2) is 0 Å². The molecular weight excluding hydrogens is 437 g/mol. The Bertz CT molecular complexity index is 931. The maximum atomic E-state index is 12.9. The Morgan fingerprint density at radius 2 is 1.81 bits per heavy atom. The van der Waals surface area contributed by atoms with Gasteiger partial charge in [-0.15, -0.1) is 0 Å². The molecular formula is C23H27F3N4OS. The van der Waals surface area contributed by atoms with Gasteiger partial charge in [0.2, 0.25) is 0 Å². The first-order valence-electron chi connectivity index (χ1n) is 10.3. The van der Waals surface area contributed by atoms with Gasteiger partial charge in [-0.3, -0.25) is 9.59 Å². The molecule has 0 aliphatic carbocycles. The van der Waals surface area contributed by atoms with Gasteiger partial charge in [0.25, 0.3) is 0 Å². The highest BCUT2D eigenvalue weighted by Crippen LogP contribution is 2.29. The molecule has 1 heterocycles. The van der Waals surface area contributed by atoms with E-state index in [1.54, 1.807) is 0 Å². The first kappa shape index (κ1) is 24.0. The molecule has 9 heteroatoms. The number of alkyl halides is 3. The molecule has 5 nitrogen and oxygen atoms in total. The smallest absolute Gasteiger partial charge is 0.367 e. The minimum atomic E-state index is -4.36. The summed E-state index contributed by atoms with van der Waals surface area (Å²) in [5.74, 6) is 1.81. The van der Waals surface area contributed by atoms with Crippen LogP contribution >= 0.6 is 12.0 Å². The fourth-order valence-corrected chi connectivity index (χ4v) is 3.88. The van der Waals surface area contributed by atoms with E-state index in [0.29, 0.717) is 48.7 Å². The highest BCUT2D eigenvalue weighted by molar-refractivity contribution is 7.94. The van der Waals surface area contributed by atoms with Gasteiger partial charge in [-0.05, 0) is 47.8 Å². The molecule has 0 bridgehead atoms. The topological polar surface area (TPSA) is 60.4 Å². The highest BCUT2D eigenvalue weighted by Gasteiger charge is 2.30. The predicted molar refractivity (Wildman–Crippen MR) is 123 cm³/mol. The van der Waals surface area contributed by atoms with Crippen LogP contribution in [-0.4, -0.2) is 29.8 Å². The lowest BCUT2D eigenvalue weighted by Gasteiger charge is -2.26. The molecule has 0 atom stereocenters. The molecule has 0 unspecified atom stereocenters. The summed E-state index contributed by atoms with van der Waals surface area (Å²) in [5, 5.41) is 15.4. The van der Waals surface area contributed by atoms with Crippen LogP contribution in [0.1, 0.15) is 25.0 Å². The van der Waals surface area contributed by atoms with E-state index in [2.05, 4.69) is 24.5 Å². The van der Waals surface area contributed by atoms with Crippen LogP contribution in [0.25, 0.3) is 0 Å². The van der Waals surface area contributed by atoms with E-state index in [-0.39, 0.29) is 0 Å². The maximum Gasteiger partial charge on any atom is 0.416 e. The van der Waals surface area contributed by atoms with Crippen molar-refractivity contribution < 1.29 is 17.4 Å².